The van der Waals surface area contributed by atoms with Crippen molar-refractivity contribution in [3.63, 3.8) is 0 Å². The van der Waals surface area contributed by atoms with Crippen molar-refractivity contribution in [3.05, 3.63) is 18.2 Å². The second-order valence-corrected chi connectivity index (χ2v) is 4.47. The first-order valence-corrected chi connectivity index (χ1v) is 5.81. The number of aliphatic hydroxyl groups is 1. The van der Waals surface area contributed by atoms with Crippen molar-refractivity contribution >= 4 is 11.5 Å². The van der Waals surface area contributed by atoms with Crippen LogP contribution in [0.2, 0.25) is 0 Å². The Hall–Kier alpha value is -1.69. The van der Waals surface area contributed by atoms with Gasteiger partial charge in [-0.15, -0.1) is 10.2 Å². The van der Waals surface area contributed by atoms with Crippen molar-refractivity contribution in [3.8, 4) is 0 Å². The van der Waals surface area contributed by atoms with Crippen molar-refractivity contribution in [1.29, 1.82) is 0 Å². The van der Waals surface area contributed by atoms with E-state index in [-0.39, 0.29) is 6.61 Å². The van der Waals surface area contributed by atoms with Gasteiger partial charge in [-0.2, -0.15) is 0 Å². The zero-order valence-electron chi connectivity index (χ0n) is 9.74. The molecule has 0 spiro atoms. The molecule has 0 aliphatic carbocycles. The molecule has 1 saturated heterocycles. The molecule has 1 aliphatic rings. The fraction of sp³-hybridized carbons (Fsp3) is 0.545. The largest absolute Gasteiger partial charge is 0.396 e. The first kappa shape index (κ1) is 10.5. The van der Waals surface area contributed by atoms with E-state index in [1.807, 2.05) is 17.5 Å². The van der Waals surface area contributed by atoms with Crippen LogP contribution < -0.4 is 4.90 Å². The highest BCUT2D eigenvalue weighted by Gasteiger charge is 2.25. The van der Waals surface area contributed by atoms with Crippen LogP contribution in [-0.4, -0.2) is 44.4 Å². The molecule has 6 nitrogen and oxygen atoms in total. The van der Waals surface area contributed by atoms with Gasteiger partial charge in [-0.1, -0.05) is 0 Å². The van der Waals surface area contributed by atoms with E-state index in [1.54, 1.807) is 6.20 Å². The average Bonchev–Trinajstić information content (AvgIpc) is 2.96. The summed E-state index contributed by atoms with van der Waals surface area (Å²) < 4.78 is 1.94. The predicted molar refractivity (Wildman–Crippen MR) is 62.9 cm³/mol. The van der Waals surface area contributed by atoms with Crippen molar-refractivity contribution < 1.29 is 5.11 Å². The second kappa shape index (κ2) is 3.96. The molecular formula is C11H15N5O. The lowest BCUT2D eigenvalue weighted by Crippen LogP contribution is -2.22. The van der Waals surface area contributed by atoms with E-state index in [4.69, 9.17) is 5.11 Å². The molecule has 0 saturated carbocycles. The van der Waals surface area contributed by atoms with Crippen LogP contribution in [0.25, 0.3) is 5.65 Å². The number of aryl methyl sites for hydroxylation is 1. The Morgan fingerprint density at radius 1 is 1.47 bits per heavy atom. The van der Waals surface area contributed by atoms with Crippen LogP contribution in [0, 0.1) is 12.8 Å². The summed E-state index contributed by atoms with van der Waals surface area (Å²) in [6.07, 6.45) is 4.64. The molecule has 1 aliphatic heterocycles. The molecule has 3 rings (SSSR count). The second-order valence-electron chi connectivity index (χ2n) is 4.47. The standard InChI is InChI=1S/C11H15N5O/c1-8-13-14-11-10(12-3-5-16(8)11)15-4-2-9(6-15)7-17/h3,5,9,17H,2,4,6-7H2,1H3. The minimum absolute atomic E-state index is 0.241. The minimum Gasteiger partial charge on any atom is -0.396 e. The number of anilines is 1. The minimum atomic E-state index is 0.241. The summed E-state index contributed by atoms with van der Waals surface area (Å²) in [6, 6.07) is 0. The van der Waals surface area contributed by atoms with Gasteiger partial charge in [0.25, 0.3) is 0 Å². The Balaban J connectivity index is 2.00. The van der Waals surface area contributed by atoms with Gasteiger partial charge in [0, 0.05) is 38.0 Å². The van der Waals surface area contributed by atoms with E-state index in [0.717, 1.165) is 36.8 Å². The topological polar surface area (TPSA) is 66.5 Å². The third kappa shape index (κ3) is 1.64. The number of aromatic nitrogens is 4. The van der Waals surface area contributed by atoms with E-state index >= 15 is 0 Å². The average molecular weight is 233 g/mol. The Morgan fingerprint density at radius 3 is 3.12 bits per heavy atom. The molecule has 2 aromatic heterocycles. The van der Waals surface area contributed by atoms with Crippen molar-refractivity contribution in [2.24, 2.45) is 5.92 Å². The maximum Gasteiger partial charge on any atom is 0.203 e. The summed E-state index contributed by atoms with van der Waals surface area (Å²) in [5.74, 6) is 2.08. The molecule has 3 heterocycles. The van der Waals surface area contributed by atoms with Crippen molar-refractivity contribution in [2.45, 2.75) is 13.3 Å². The molecule has 0 aromatic carbocycles. The number of hydrogen-bond donors (Lipinski definition) is 1. The van der Waals surface area contributed by atoms with Gasteiger partial charge in [0.15, 0.2) is 5.82 Å². The van der Waals surface area contributed by atoms with Gasteiger partial charge >= 0.3 is 0 Å². The highest BCUT2D eigenvalue weighted by atomic mass is 16.3. The van der Waals surface area contributed by atoms with E-state index in [1.165, 1.54) is 0 Å². The van der Waals surface area contributed by atoms with E-state index in [0.29, 0.717) is 5.92 Å². The fourth-order valence-corrected chi connectivity index (χ4v) is 2.33. The van der Waals surface area contributed by atoms with Gasteiger partial charge in [0.1, 0.15) is 5.82 Å². The van der Waals surface area contributed by atoms with Gasteiger partial charge < -0.3 is 10.0 Å². The van der Waals surface area contributed by atoms with Crippen LogP contribution in [-0.2, 0) is 0 Å². The summed E-state index contributed by atoms with van der Waals surface area (Å²) in [4.78, 5) is 6.56. The fourth-order valence-electron chi connectivity index (χ4n) is 2.33. The van der Waals surface area contributed by atoms with Crippen LogP contribution in [0.4, 0.5) is 5.82 Å². The monoisotopic (exact) mass is 233 g/mol. The van der Waals surface area contributed by atoms with Crippen LogP contribution in [0.15, 0.2) is 12.4 Å². The molecule has 0 bridgehead atoms. The Kier molecular flexibility index (Phi) is 2.44. The molecule has 2 aromatic rings. The summed E-state index contributed by atoms with van der Waals surface area (Å²) >= 11 is 0. The van der Waals surface area contributed by atoms with Gasteiger partial charge in [-0.25, -0.2) is 4.98 Å². The molecule has 1 atom stereocenters. The molecule has 6 heteroatoms. The first-order valence-electron chi connectivity index (χ1n) is 5.81. The molecule has 17 heavy (non-hydrogen) atoms. The van der Waals surface area contributed by atoms with Gasteiger partial charge in [-0.05, 0) is 13.3 Å². The summed E-state index contributed by atoms with van der Waals surface area (Å²) in [6.45, 7) is 3.93. The van der Waals surface area contributed by atoms with E-state index < -0.39 is 0 Å². The first-order chi connectivity index (χ1) is 8.29. The summed E-state index contributed by atoms with van der Waals surface area (Å²) in [5.41, 5.74) is 0.795. The molecule has 1 fully saturated rings. The third-order valence-electron chi connectivity index (χ3n) is 3.32. The number of aliphatic hydroxyl groups excluding tert-OH is 1. The van der Waals surface area contributed by atoms with Gasteiger partial charge in [-0.3, -0.25) is 4.40 Å². The quantitative estimate of drug-likeness (QED) is 0.805. The highest BCUT2D eigenvalue weighted by Crippen LogP contribution is 2.24. The van der Waals surface area contributed by atoms with Gasteiger partial charge in [0.2, 0.25) is 5.65 Å². The van der Waals surface area contributed by atoms with E-state index in [2.05, 4.69) is 20.1 Å². The van der Waals surface area contributed by atoms with Crippen molar-refractivity contribution in [2.75, 3.05) is 24.6 Å². The predicted octanol–water partition coefficient (Wildman–Crippen LogP) is 0.251. The summed E-state index contributed by atoms with van der Waals surface area (Å²) in [5, 5.41) is 17.4. The molecule has 90 valence electrons. The SMILES string of the molecule is Cc1nnc2c(N3CCC(CO)C3)nccn12. The van der Waals surface area contributed by atoms with Crippen LogP contribution in [0.5, 0.6) is 0 Å². The number of fused-ring (bicyclic) bond motifs is 1. The van der Waals surface area contributed by atoms with Gasteiger partial charge in [0.05, 0.1) is 0 Å². The number of hydrogen-bond acceptors (Lipinski definition) is 5. The van der Waals surface area contributed by atoms with Crippen LogP contribution in [0.1, 0.15) is 12.2 Å². The molecule has 0 amide bonds. The molecule has 0 radical (unpaired) electrons. The maximum absolute atomic E-state index is 9.17. The Bertz CT molecular complexity index is 538. The Labute approximate surface area is 98.9 Å². The third-order valence-corrected chi connectivity index (χ3v) is 3.32. The zero-order chi connectivity index (χ0) is 11.8. The molecule has 1 unspecified atom stereocenters. The lowest BCUT2D eigenvalue weighted by Gasteiger charge is -2.17. The van der Waals surface area contributed by atoms with Crippen molar-refractivity contribution in [1.82, 2.24) is 19.6 Å². The zero-order valence-corrected chi connectivity index (χ0v) is 9.74. The van der Waals surface area contributed by atoms with Crippen LogP contribution >= 0.6 is 0 Å². The molecule has 1 N–H and O–H groups in total. The smallest absolute Gasteiger partial charge is 0.203 e. The lowest BCUT2D eigenvalue weighted by molar-refractivity contribution is 0.238. The highest BCUT2D eigenvalue weighted by molar-refractivity contribution is 5.64. The van der Waals surface area contributed by atoms with E-state index in [9.17, 15) is 0 Å². The number of nitrogens with zero attached hydrogens (tertiary/aromatic N) is 5. The van der Waals surface area contributed by atoms with Crippen LogP contribution in [0.3, 0.4) is 0 Å². The number of rotatable bonds is 2. The summed E-state index contributed by atoms with van der Waals surface area (Å²) in [7, 11) is 0. The Morgan fingerprint density at radius 2 is 2.35 bits per heavy atom. The normalized spacial score (nSPS) is 20.4. The molecular weight excluding hydrogens is 218 g/mol. The lowest BCUT2D eigenvalue weighted by atomic mass is 10.1. The maximum atomic E-state index is 9.17.